The Bertz CT molecular complexity index is 1020. The van der Waals surface area contributed by atoms with Crippen LogP contribution in [-0.4, -0.2) is 41.3 Å². The Labute approximate surface area is 161 Å². The number of H-pyrrole nitrogens is 1. The maximum Gasteiger partial charge on any atom is 0.337 e. The molecule has 0 amide bonds. The van der Waals surface area contributed by atoms with E-state index in [1.165, 1.54) is 17.6 Å². The number of rotatable bonds is 6. The van der Waals surface area contributed by atoms with Crippen molar-refractivity contribution in [1.29, 1.82) is 0 Å². The number of methoxy groups -OCH3 is 1. The number of benzene rings is 2. The third-order valence-corrected chi connectivity index (χ3v) is 4.95. The van der Waals surface area contributed by atoms with Crippen molar-refractivity contribution in [3.63, 3.8) is 0 Å². The molecule has 0 atom stereocenters. The van der Waals surface area contributed by atoms with Crippen LogP contribution in [0.2, 0.25) is 0 Å². The van der Waals surface area contributed by atoms with Crippen LogP contribution in [0.3, 0.4) is 0 Å². The van der Waals surface area contributed by atoms with Gasteiger partial charge >= 0.3 is 5.97 Å². The Hall–Kier alpha value is -2.64. The van der Waals surface area contributed by atoms with Gasteiger partial charge in [0.05, 0.1) is 30.1 Å². The molecule has 0 saturated carbocycles. The molecule has 7 heteroatoms. The van der Waals surface area contributed by atoms with Gasteiger partial charge in [-0.05, 0) is 49.2 Å². The Morgan fingerprint density at radius 2 is 1.93 bits per heavy atom. The minimum Gasteiger partial charge on any atom is -0.465 e. The number of carbonyl (C=O) groups excluding carboxylic acids is 1. The molecule has 0 radical (unpaired) electrons. The number of aromatic amines is 1. The summed E-state index contributed by atoms with van der Waals surface area (Å²) >= 11 is 1.71. The highest BCUT2D eigenvalue weighted by atomic mass is 32.2. The summed E-state index contributed by atoms with van der Waals surface area (Å²) in [7, 11) is 3.29. The number of aromatic nitrogens is 2. The van der Waals surface area contributed by atoms with Crippen molar-refractivity contribution in [3.05, 3.63) is 69.8 Å². The topological polar surface area (TPSA) is 75.3 Å². The molecule has 6 nitrogen and oxygen atoms in total. The van der Waals surface area contributed by atoms with Crippen molar-refractivity contribution in [2.45, 2.75) is 18.0 Å². The number of carbonyl (C=O) groups is 1. The molecule has 0 fully saturated rings. The average Bonchev–Trinajstić information content (AvgIpc) is 2.67. The summed E-state index contributed by atoms with van der Waals surface area (Å²) in [5, 5.41) is 0.446. The summed E-state index contributed by atoms with van der Waals surface area (Å²) in [5.74, 6) is 0.101. The van der Waals surface area contributed by atoms with E-state index in [4.69, 9.17) is 4.74 Å². The van der Waals surface area contributed by atoms with E-state index in [-0.39, 0.29) is 5.56 Å². The summed E-state index contributed by atoms with van der Waals surface area (Å²) in [6.07, 6.45) is 2.05. The highest BCUT2D eigenvalue weighted by Gasteiger charge is 2.11. The number of fused-ring (bicyclic) bond motifs is 1. The second-order valence-corrected chi connectivity index (χ2v) is 7.14. The molecule has 0 bridgehead atoms. The van der Waals surface area contributed by atoms with Gasteiger partial charge in [-0.1, -0.05) is 12.1 Å². The van der Waals surface area contributed by atoms with Crippen LogP contribution in [0.5, 0.6) is 0 Å². The van der Waals surface area contributed by atoms with Crippen molar-refractivity contribution in [3.8, 4) is 0 Å². The van der Waals surface area contributed by atoms with Crippen molar-refractivity contribution in [2.75, 3.05) is 20.4 Å². The van der Waals surface area contributed by atoms with Gasteiger partial charge < -0.3 is 9.72 Å². The third-order valence-electron chi connectivity index (χ3n) is 4.21. The molecule has 0 aliphatic carbocycles. The summed E-state index contributed by atoms with van der Waals surface area (Å²) in [6.45, 7) is 1.22. The van der Waals surface area contributed by atoms with Gasteiger partial charge in [0.25, 0.3) is 5.56 Å². The first kappa shape index (κ1) is 19.1. The minimum absolute atomic E-state index is 0.218. The van der Waals surface area contributed by atoms with Crippen LogP contribution in [0.1, 0.15) is 21.7 Å². The summed E-state index contributed by atoms with van der Waals surface area (Å²) in [5.41, 5.74) is 1.82. The van der Waals surface area contributed by atoms with E-state index >= 15 is 0 Å². The van der Waals surface area contributed by atoms with E-state index in [1.54, 1.807) is 30.0 Å². The first-order chi connectivity index (χ1) is 13.0. The molecule has 0 aliphatic rings. The monoisotopic (exact) mass is 383 g/mol. The number of hydrogen-bond acceptors (Lipinski definition) is 6. The standard InChI is InChI=1S/C20H21N3O3S/c1-23(11-13-4-7-15(27-3)8-5-13)12-18-21-17-10-14(20(25)26-2)6-9-16(17)19(24)22-18/h4-10H,11-12H2,1-3H3,(H,21,22,24). The smallest absolute Gasteiger partial charge is 0.337 e. The van der Waals surface area contributed by atoms with E-state index in [0.717, 1.165) is 6.54 Å². The van der Waals surface area contributed by atoms with Crippen LogP contribution in [0.4, 0.5) is 0 Å². The van der Waals surface area contributed by atoms with Gasteiger partial charge in [-0.3, -0.25) is 9.69 Å². The fourth-order valence-corrected chi connectivity index (χ4v) is 3.27. The number of hydrogen-bond donors (Lipinski definition) is 1. The number of nitrogens with zero attached hydrogens (tertiary/aromatic N) is 2. The van der Waals surface area contributed by atoms with E-state index in [0.29, 0.717) is 28.8 Å². The van der Waals surface area contributed by atoms with Crippen molar-refractivity contribution >= 4 is 28.6 Å². The van der Waals surface area contributed by atoms with Gasteiger partial charge in [-0.25, -0.2) is 9.78 Å². The molecule has 0 spiro atoms. The number of thioether (sulfide) groups is 1. The van der Waals surface area contributed by atoms with Crippen molar-refractivity contribution < 1.29 is 9.53 Å². The highest BCUT2D eigenvalue weighted by molar-refractivity contribution is 7.98. The SMILES string of the molecule is COC(=O)c1ccc2c(=O)[nH]c(CN(C)Cc3ccc(SC)cc3)nc2c1. The molecule has 140 valence electrons. The van der Waals surface area contributed by atoms with Crippen LogP contribution in [0.25, 0.3) is 10.9 Å². The molecule has 27 heavy (non-hydrogen) atoms. The zero-order valence-corrected chi connectivity index (χ0v) is 16.3. The van der Waals surface area contributed by atoms with Gasteiger partial charge in [0.2, 0.25) is 0 Å². The second-order valence-electron chi connectivity index (χ2n) is 6.26. The molecule has 0 unspecified atom stereocenters. The molecule has 0 aliphatic heterocycles. The normalized spacial score (nSPS) is 11.1. The second kappa shape index (κ2) is 8.37. The zero-order chi connectivity index (χ0) is 19.4. The van der Waals surface area contributed by atoms with Crippen molar-refractivity contribution in [2.24, 2.45) is 0 Å². The van der Waals surface area contributed by atoms with Gasteiger partial charge in [-0.2, -0.15) is 0 Å². The summed E-state index contributed by atoms with van der Waals surface area (Å²) in [4.78, 5) is 34.7. The molecule has 1 heterocycles. The molecule has 1 aromatic heterocycles. The Kier molecular flexibility index (Phi) is 5.93. The minimum atomic E-state index is -0.452. The molecule has 0 saturated heterocycles. The average molecular weight is 383 g/mol. The predicted octanol–water partition coefficient (Wildman–Crippen LogP) is 3.06. The van der Waals surface area contributed by atoms with Crippen LogP contribution >= 0.6 is 11.8 Å². The lowest BCUT2D eigenvalue weighted by atomic mass is 10.1. The lowest BCUT2D eigenvalue weighted by Crippen LogP contribution is -2.22. The molecular weight excluding hydrogens is 362 g/mol. The van der Waals surface area contributed by atoms with Crippen LogP contribution in [0.15, 0.2) is 52.2 Å². The molecule has 2 aromatic carbocycles. The van der Waals surface area contributed by atoms with Gasteiger partial charge in [0, 0.05) is 11.4 Å². The van der Waals surface area contributed by atoms with E-state index in [2.05, 4.69) is 45.4 Å². The van der Waals surface area contributed by atoms with E-state index in [9.17, 15) is 9.59 Å². The highest BCUT2D eigenvalue weighted by Crippen LogP contribution is 2.16. The zero-order valence-electron chi connectivity index (χ0n) is 15.5. The van der Waals surface area contributed by atoms with Crippen LogP contribution in [-0.2, 0) is 17.8 Å². The van der Waals surface area contributed by atoms with Gasteiger partial charge in [-0.15, -0.1) is 11.8 Å². The van der Waals surface area contributed by atoms with E-state index in [1.807, 2.05) is 7.05 Å². The lowest BCUT2D eigenvalue weighted by Gasteiger charge is -2.16. The van der Waals surface area contributed by atoms with Crippen molar-refractivity contribution in [1.82, 2.24) is 14.9 Å². The fourth-order valence-electron chi connectivity index (χ4n) is 2.86. The molecule has 3 rings (SSSR count). The maximum absolute atomic E-state index is 12.3. The largest absolute Gasteiger partial charge is 0.465 e. The van der Waals surface area contributed by atoms with Crippen LogP contribution in [0, 0.1) is 0 Å². The first-order valence-electron chi connectivity index (χ1n) is 8.43. The molecule has 3 aromatic rings. The molecule has 1 N–H and O–H groups in total. The predicted molar refractivity (Wildman–Crippen MR) is 107 cm³/mol. The third kappa shape index (κ3) is 4.56. The Balaban J connectivity index is 1.80. The Morgan fingerprint density at radius 3 is 2.59 bits per heavy atom. The number of ether oxygens (including phenoxy) is 1. The van der Waals surface area contributed by atoms with E-state index < -0.39 is 5.97 Å². The number of nitrogens with one attached hydrogen (secondary N) is 1. The quantitative estimate of drug-likeness (QED) is 0.521. The fraction of sp³-hybridized carbons (Fsp3) is 0.250. The molecular formula is C20H21N3O3S. The summed E-state index contributed by atoms with van der Waals surface area (Å²) in [6, 6.07) is 13.1. The van der Waals surface area contributed by atoms with Gasteiger partial charge in [0.15, 0.2) is 0 Å². The first-order valence-corrected chi connectivity index (χ1v) is 9.65. The maximum atomic E-state index is 12.3. The Morgan fingerprint density at radius 1 is 1.19 bits per heavy atom. The van der Waals surface area contributed by atoms with Gasteiger partial charge in [0.1, 0.15) is 5.82 Å². The summed E-state index contributed by atoms with van der Waals surface area (Å²) < 4.78 is 4.73. The number of esters is 1. The van der Waals surface area contributed by atoms with Crippen LogP contribution < -0.4 is 5.56 Å². The lowest BCUT2D eigenvalue weighted by molar-refractivity contribution is 0.0601.